The first-order chi connectivity index (χ1) is 11.7. The molecule has 1 aromatic heterocycles. The van der Waals surface area contributed by atoms with Crippen molar-refractivity contribution >= 4 is 12.0 Å². The first-order valence-electron chi connectivity index (χ1n) is 8.06. The van der Waals surface area contributed by atoms with Crippen LogP contribution in [0.25, 0.3) is 6.08 Å². The predicted octanol–water partition coefficient (Wildman–Crippen LogP) is 2.23. The number of carbonyl (C=O) groups excluding carboxylic acids is 1. The van der Waals surface area contributed by atoms with Crippen molar-refractivity contribution in [3.8, 4) is 5.75 Å². The van der Waals surface area contributed by atoms with Gasteiger partial charge in [-0.15, -0.1) is 0 Å². The normalized spacial score (nSPS) is 17.4. The monoisotopic (exact) mass is 323 g/mol. The fraction of sp³-hybridized carbons (Fsp3) is 0.263. The van der Waals surface area contributed by atoms with Crippen LogP contribution in [0.3, 0.4) is 0 Å². The van der Waals surface area contributed by atoms with Crippen LogP contribution in [0.15, 0.2) is 54.7 Å². The van der Waals surface area contributed by atoms with E-state index >= 15 is 0 Å². The summed E-state index contributed by atoms with van der Waals surface area (Å²) in [6, 6.07) is 13.5. The Morgan fingerprint density at radius 2 is 2.12 bits per heavy atom. The Morgan fingerprint density at radius 1 is 1.29 bits per heavy atom. The van der Waals surface area contributed by atoms with Crippen LogP contribution in [0.5, 0.6) is 5.75 Å². The summed E-state index contributed by atoms with van der Waals surface area (Å²) in [4.78, 5) is 18.0. The van der Waals surface area contributed by atoms with E-state index in [0.717, 1.165) is 30.0 Å². The van der Waals surface area contributed by atoms with Crippen LogP contribution in [0.2, 0.25) is 0 Å². The van der Waals surface area contributed by atoms with Gasteiger partial charge in [0.25, 0.3) is 0 Å². The van der Waals surface area contributed by atoms with Gasteiger partial charge in [-0.05, 0) is 42.3 Å². The number of rotatable bonds is 5. The SMILES string of the molecule is N[C@H]1CCN(C(=O)C=Cc2ccc(OCc3ccccn3)cc2)C1. The lowest BCUT2D eigenvalue weighted by molar-refractivity contribution is -0.124. The number of ether oxygens (including phenoxy) is 1. The Morgan fingerprint density at radius 3 is 2.79 bits per heavy atom. The highest BCUT2D eigenvalue weighted by molar-refractivity contribution is 5.92. The molecule has 2 N–H and O–H groups in total. The average Bonchev–Trinajstić information content (AvgIpc) is 3.06. The van der Waals surface area contributed by atoms with Gasteiger partial charge in [0.1, 0.15) is 12.4 Å². The number of benzene rings is 1. The zero-order chi connectivity index (χ0) is 16.8. The van der Waals surface area contributed by atoms with Gasteiger partial charge in [0, 0.05) is 31.4 Å². The van der Waals surface area contributed by atoms with Crippen molar-refractivity contribution in [1.29, 1.82) is 0 Å². The summed E-state index contributed by atoms with van der Waals surface area (Å²) in [6.45, 7) is 1.82. The summed E-state index contributed by atoms with van der Waals surface area (Å²) < 4.78 is 5.69. The number of likely N-dealkylation sites (tertiary alicyclic amines) is 1. The molecular formula is C19H21N3O2. The molecule has 124 valence electrons. The van der Waals surface area contributed by atoms with Crippen LogP contribution in [0.4, 0.5) is 0 Å². The minimum absolute atomic E-state index is 0.0124. The van der Waals surface area contributed by atoms with Gasteiger partial charge in [-0.2, -0.15) is 0 Å². The highest BCUT2D eigenvalue weighted by atomic mass is 16.5. The molecule has 1 aliphatic heterocycles. The second-order valence-electron chi connectivity index (χ2n) is 5.85. The molecule has 2 heterocycles. The van der Waals surface area contributed by atoms with E-state index in [2.05, 4.69) is 4.98 Å². The number of aromatic nitrogens is 1. The molecule has 1 atom stereocenters. The molecule has 0 saturated carbocycles. The second-order valence-corrected chi connectivity index (χ2v) is 5.85. The lowest BCUT2D eigenvalue weighted by Crippen LogP contribution is -2.30. The van der Waals surface area contributed by atoms with Crippen LogP contribution < -0.4 is 10.5 Å². The van der Waals surface area contributed by atoms with Crippen molar-refractivity contribution in [2.75, 3.05) is 13.1 Å². The van der Waals surface area contributed by atoms with Gasteiger partial charge < -0.3 is 15.4 Å². The Kier molecular flexibility index (Phi) is 5.23. The van der Waals surface area contributed by atoms with Crippen LogP contribution in [0, 0.1) is 0 Å². The molecule has 1 aliphatic rings. The van der Waals surface area contributed by atoms with Gasteiger partial charge in [-0.3, -0.25) is 9.78 Å². The van der Waals surface area contributed by atoms with Crippen LogP contribution in [0.1, 0.15) is 17.7 Å². The van der Waals surface area contributed by atoms with Crippen molar-refractivity contribution in [3.63, 3.8) is 0 Å². The summed E-state index contributed by atoms with van der Waals surface area (Å²) in [5.74, 6) is 0.785. The standard InChI is InChI=1S/C19H21N3O2/c20-16-10-12-22(13-16)19(23)9-6-15-4-7-18(8-5-15)24-14-17-3-1-2-11-21-17/h1-9,11,16H,10,12-14,20H2/t16-/m0/s1. The number of hydrogen-bond donors (Lipinski definition) is 1. The summed E-state index contributed by atoms with van der Waals surface area (Å²) in [7, 11) is 0. The topological polar surface area (TPSA) is 68.5 Å². The number of nitrogens with two attached hydrogens (primary N) is 1. The summed E-state index contributed by atoms with van der Waals surface area (Å²) in [6.07, 6.45) is 6.04. The van der Waals surface area contributed by atoms with Crippen LogP contribution in [-0.4, -0.2) is 34.9 Å². The molecule has 2 aromatic rings. The van der Waals surface area contributed by atoms with Crippen LogP contribution in [-0.2, 0) is 11.4 Å². The Labute approximate surface area is 141 Å². The quantitative estimate of drug-likeness (QED) is 0.857. The molecule has 0 bridgehead atoms. The molecule has 3 rings (SSSR count). The lowest BCUT2D eigenvalue weighted by Gasteiger charge is -2.12. The van der Waals surface area contributed by atoms with E-state index in [0.29, 0.717) is 13.2 Å². The van der Waals surface area contributed by atoms with Gasteiger partial charge >= 0.3 is 0 Å². The van der Waals surface area contributed by atoms with Crippen LogP contribution >= 0.6 is 0 Å². The third-order valence-corrected chi connectivity index (χ3v) is 3.95. The molecule has 0 unspecified atom stereocenters. The minimum Gasteiger partial charge on any atom is -0.487 e. The number of nitrogens with zero attached hydrogens (tertiary/aromatic N) is 2. The van der Waals surface area contributed by atoms with Crippen molar-refractivity contribution in [2.45, 2.75) is 19.1 Å². The molecular weight excluding hydrogens is 302 g/mol. The van der Waals surface area contributed by atoms with Crippen molar-refractivity contribution in [3.05, 3.63) is 66.0 Å². The van der Waals surface area contributed by atoms with Gasteiger partial charge in [-0.1, -0.05) is 18.2 Å². The molecule has 1 fully saturated rings. The van der Waals surface area contributed by atoms with Gasteiger partial charge in [0.15, 0.2) is 0 Å². The van der Waals surface area contributed by atoms with Gasteiger partial charge in [-0.25, -0.2) is 0 Å². The maximum absolute atomic E-state index is 12.0. The first-order valence-corrected chi connectivity index (χ1v) is 8.06. The van der Waals surface area contributed by atoms with Gasteiger partial charge in [0.05, 0.1) is 5.69 Å². The third-order valence-electron chi connectivity index (χ3n) is 3.95. The Balaban J connectivity index is 1.52. The first kappa shape index (κ1) is 16.2. The molecule has 5 heteroatoms. The second kappa shape index (κ2) is 7.75. The molecule has 5 nitrogen and oxygen atoms in total. The van der Waals surface area contributed by atoms with E-state index in [4.69, 9.17) is 10.5 Å². The minimum atomic E-state index is 0.0124. The molecule has 1 aromatic carbocycles. The van der Waals surface area contributed by atoms with Crippen molar-refractivity contribution in [2.24, 2.45) is 5.73 Å². The Hall–Kier alpha value is -2.66. The smallest absolute Gasteiger partial charge is 0.246 e. The molecule has 1 saturated heterocycles. The summed E-state index contributed by atoms with van der Waals surface area (Å²) in [5.41, 5.74) is 7.66. The summed E-state index contributed by atoms with van der Waals surface area (Å²) in [5, 5.41) is 0. The van der Waals surface area contributed by atoms with Gasteiger partial charge in [0.2, 0.25) is 5.91 Å². The fourth-order valence-corrected chi connectivity index (χ4v) is 2.58. The number of amides is 1. The zero-order valence-electron chi connectivity index (χ0n) is 13.5. The number of pyridine rings is 1. The van der Waals surface area contributed by atoms with E-state index in [1.807, 2.05) is 48.5 Å². The third kappa shape index (κ3) is 4.43. The molecule has 0 aliphatic carbocycles. The number of carbonyl (C=O) groups is 1. The fourth-order valence-electron chi connectivity index (χ4n) is 2.58. The largest absolute Gasteiger partial charge is 0.487 e. The highest BCUT2D eigenvalue weighted by Crippen LogP contribution is 2.15. The van der Waals surface area contributed by atoms with E-state index in [9.17, 15) is 4.79 Å². The lowest BCUT2D eigenvalue weighted by atomic mass is 10.2. The van der Waals surface area contributed by atoms with E-state index in [-0.39, 0.29) is 11.9 Å². The molecule has 0 radical (unpaired) electrons. The number of hydrogen-bond acceptors (Lipinski definition) is 4. The molecule has 0 spiro atoms. The molecule has 24 heavy (non-hydrogen) atoms. The van der Waals surface area contributed by atoms with Crippen molar-refractivity contribution in [1.82, 2.24) is 9.88 Å². The zero-order valence-corrected chi connectivity index (χ0v) is 13.5. The van der Waals surface area contributed by atoms with Crippen molar-refractivity contribution < 1.29 is 9.53 Å². The van der Waals surface area contributed by atoms with E-state index in [1.165, 1.54) is 0 Å². The van der Waals surface area contributed by atoms with E-state index < -0.39 is 0 Å². The average molecular weight is 323 g/mol. The summed E-state index contributed by atoms with van der Waals surface area (Å²) >= 11 is 0. The highest BCUT2D eigenvalue weighted by Gasteiger charge is 2.21. The maximum atomic E-state index is 12.0. The molecule has 1 amide bonds. The van der Waals surface area contributed by atoms with E-state index in [1.54, 1.807) is 17.2 Å². The Bertz CT molecular complexity index is 698. The predicted molar refractivity (Wildman–Crippen MR) is 93.2 cm³/mol. The maximum Gasteiger partial charge on any atom is 0.246 e.